The molecule has 0 aromatic heterocycles. The maximum Gasteiger partial charge on any atom is 0.356 e. The summed E-state index contributed by atoms with van der Waals surface area (Å²) >= 11 is 0. The Hall–Kier alpha value is 0.0300. The Morgan fingerprint density at radius 3 is 2.29 bits per heavy atom. The molecule has 86 valence electrons. The van der Waals surface area contributed by atoms with Crippen LogP contribution in [-0.4, -0.2) is 37.9 Å². The molecule has 0 aliphatic heterocycles. The Balaban J connectivity index is 3.78. The molecule has 0 bridgehead atoms. The molecule has 0 radical (unpaired) electrons. The zero-order valence-corrected chi connectivity index (χ0v) is 9.46. The number of rotatable bonds is 9. The Kier molecular flexibility index (Phi) is 8.37. The largest absolute Gasteiger partial charge is 0.367 e. The lowest BCUT2D eigenvalue weighted by molar-refractivity contribution is 0.0957. The second-order valence-corrected chi connectivity index (χ2v) is 4.39. The van der Waals surface area contributed by atoms with Crippen molar-refractivity contribution in [1.29, 1.82) is 0 Å². The van der Waals surface area contributed by atoms with Gasteiger partial charge in [-0.25, -0.2) is 5.48 Å². The standard InChI is InChI=1S/C7H18NO5P/c1-3-12-14(10,13-4-2)7-11-6-5-8-9/h8-9H,3-7H2,1-2H3. The van der Waals surface area contributed by atoms with E-state index in [9.17, 15) is 4.57 Å². The summed E-state index contributed by atoms with van der Waals surface area (Å²) in [6, 6.07) is 0. The van der Waals surface area contributed by atoms with Crippen LogP contribution in [0.25, 0.3) is 0 Å². The molecule has 0 aromatic carbocycles. The third kappa shape index (κ3) is 6.48. The van der Waals surface area contributed by atoms with Gasteiger partial charge in [0.2, 0.25) is 0 Å². The molecule has 7 heteroatoms. The van der Waals surface area contributed by atoms with Crippen molar-refractivity contribution < 1.29 is 23.6 Å². The molecular weight excluding hydrogens is 209 g/mol. The molecule has 0 aromatic rings. The van der Waals surface area contributed by atoms with Crippen molar-refractivity contribution in [3.05, 3.63) is 0 Å². The van der Waals surface area contributed by atoms with Gasteiger partial charge in [-0.1, -0.05) is 0 Å². The highest BCUT2D eigenvalue weighted by Gasteiger charge is 2.23. The summed E-state index contributed by atoms with van der Waals surface area (Å²) in [6.07, 6.45) is -0.0869. The summed E-state index contributed by atoms with van der Waals surface area (Å²) in [4.78, 5) is 0. The molecule has 0 amide bonds. The van der Waals surface area contributed by atoms with Gasteiger partial charge in [-0.3, -0.25) is 4.57 Å². The quantitative estimate of drug-likeness (QED) is 0.350. The molecule has 0 heterocycles. The second kappa shape index (κ2) is 8.35. The van der Waals surface area contributed by atoms with E-state index >= 15 is 0 Å². The van der Waals surface area contributed by atoms with E-state index < -0.39 is 7.60 Å². The fraction of sp³-hybridized carbons (Fsp3) is 1.00. The van der Waals surface area contributed by atoms with Crippen LogP contribution in [0.4, 0.5) is 0 Å². The Morgan fingerprint density at radius 2 is 1.86 bits per heavy atom. The predicted molar refractivity (Wildman–Crippen MR) is 51.5 cm³/mol. The van der Waals surface area contributed by atoms with Crippen molar-refractivity contribution in [2.45, 2.75) is 13.8 Å². The summed E-state index contributed by atoms with van der Waals surface area (Å²) in [5, 5.41) is 8.24. The lowest BCUT2D eigenvalue weighted by Crippen LogP contribution is -2.16. The Bertz CT molecular complexity index is 167. The number of nitrogens with one attached hydrogen (secondary N) is 1. The van der Waals surface area contributed by atoms with Crippen molar-refractivity contribution >= 4 is 7.60 Å². The molecule has 0 saturated carbocycles. The van der Waals surface area contributed by atoms with Crippen molar-refractivity contribution in [3.63, 3.8) is 0 Å². The third-order valence-electron chi connectivity index (χ3n) is 1.26. The van der Waals surface area contributed by atoms with Crippen LogP contribution in [0.15, 0.2) is 0 Å². The normalized spacial score (nSPS) is 11.9. The van der Waals surface area contributed by atoms with Gasteiger partial charge in [-0.05, 0) is 13.8 Å². The lowest BCUT2D eigenvalue weighted by Gasteiger charge is -2.16. The molecule has 6 nitrogen and oxygen atoms in total. The maximum atomic E-state index is 11.7. The highest BCUT2D eigenvalue weighted by Crippen LogP contribution is 2.47. The van der Waals surface area contributed by atoms with Crippen LogP contribution in [-0.2, 0) is 18.3 Å². The van der Waals surface area contributed by atoms with Crippen LogP contribution in [0.3, 0.4) is 0 Å². The average Bonchev–Trinajstić information content (AvgIpc) is 2.13. The van der Waals surface area contributed by atoms with Crippen LogP contribution in [0, 0.1) is 0 Å². The van der Waals surface area contributed by atoms with E-state index in [1.54, 1.807) is 13.8 Å². The number of hydrogen-bond donors (Lipinski definition) is 2. The summed E-state index contributed by atoms with van der Waals surface area (Å²) in [5.74, 6) is 0. The van der Waals surface area contributed by atoms with Crippen molar-refractivity contribution in [1.82, 2.24) is 5.48 Å². The number of ether oxygens (including phenoxy) is 1. The van der Waals surface area contributed by atoms with E-state index in [2.05, 4.69) is 0 Å². The molecule has 0 saturated heterocycles. The molecule has 0 aliphatic rings. The Morgan fingerprint density at radius 1 is 1.29 bits per heavy atom. The van der Waals surface area contributed by atoms with E-state index in [0.717, 1.165) is 0 Å². The van der Waals surface area contributed by atoms with Crippen LogP contribution >= 0.6 is 7.60 Å². The molecule has 0 atom stereocenters. The summed E-state index contributed by atoms with van der Waals surface area (Å²) < 4.78 is 26.7. The van der Waals surface area contributed by atoms with Crippen LogP contribution in [0.1, 0.15) is 13.8 Å². The van der Waals surface area contributed by atoms with Crippen molar-refractivity contribution in [3.8, 4) is 0 Å². The van der Waals surface area contributed by atoms with Crippen molar-refractivity contribution in [2.24, 2.45) is 0 Å². The lowest BCUT2D eigenvalue weighted by atomic mass is 10.7. The fourth-order valence-corrected chi connectivity index (χ4v) is 2.16. The van der Waals surface area contributed by atoms with Gasteiger partial charge in [0, 0.05) is 6.54 Å². The van der Waals surface area contributed by atoms with Gasteiger partial charge in [0.15, 0.2) is 0 Å². The van der Waals surface area contributed by atoms with Gasteiger partial charge in [0.05, 0.1) is 19.8 Å². The van der Waals surface area contributed by atoms with Gasteiger partial charge >= 0.3 is 7.60 Å². The third-order valence-corrected chi connectivity index (χ3v) is 3.06. The monoisotopic (exact) mass is 227 g/mol. The minimum absolute atomic E-state index is 0.0869. The smallest absolute Gasteiger partial charge is 0.356 e. The van der Waals surface area contributed by atoms with E-state index in [0.29, 0.717) is 13.2 Å². The van der Waals surface area contributed by atoms with Gasteiger partial charge in [0.25, 0.3) is 0 Å². The summed E-state index contributed by atoms with van der Waals surface area (Å²) in [6.45, 7) is 4.64. The van der Waals surface area contributed by atoms with E-state index in [-0.39, 0.29) is 19.5 Å². The maximum absolute atomic E-state index is 11.7. The molecule has 0 unspecified atom stereocenters. The highest BCUT2D eigenvalue weighted by molar-refractivity contribution is 7.53. The zero-order valence-electron chi connectivity index (χ0n) is 8.56. The fourth-order valence-electron chi connectivity index (χ4n) is 0.799. The SMILES string of the molecule is CCOP(=O)(COCCNO)OCC. The first-order valence-corrected chi connectivity index (χ1v) is 6.24. The first-order chi connectivity index (χ1) is 6.68. The minimum Gasteiger partial charge on any atom is -0.367 e. The molecule has 2 N–H and O–H groups in total. The van der Waals surface area contributed by atoms with Crippen LogP contribution in [0.5, 0.6) is 0 Å². The van der Waals surface area contributed by atoms with Crippen molar-refractivity contribution in [2.75, 3.05) is 32.7 Å². The second-order valence-electron chi connectivity index (χ2n) is 2.39. The first kappa shape index (κ1) is 14.0. The van der Waals surface area contributed by atoms with Gasteiger partial charge < -0.3 is 19.0 Å². The van der Waals surface area contributed by atoms with Crippen LogP contribution in [0.2, 0.25) is 0 Å². The van der Waals surface area contributed by atoms with Gasteiger partial charge in [-0.15, -0.1) is 0 Å². The molecule has 0 fully saturated rings. The number of hydroxylamine groups is 1. The first-order valence-electron chi connectivity index (χ1n) is 4.51. The zero-order chi connectivity index (χ0) is 10.9. The van der Waals surface area contributed by atoms with Gasteiger partial charge in [-0.2, -0.15) is 0 Å². The minimum atomic E-state index is -3.09. The summed E-state index contributed by atoms with van der Waals surface area (Å²) in [7, 11) is -3.09. The average molecular weight is 227 g/mol. The topological polar surface area (TPSA) is 77.0 Å². The predicted octanol–water partition coefficient (Wildman–Crippen LogP) is 1.21. The summed E-state index contributed by atoms with van der Waals surface area (Å²) in [5.41, 5.74) is 1.92. The van der Waals surface area contributed by atoms with E-state index in [1.807, 2.05) is 5.48 Å². The van der Waals surface area contributed by atoms with E-state index in [4.69, 9.17) is 19.0 Å². The highest BCUT2D eigenvalue weighted by atomic mass is 31.2. The van der Waals surface area contributed by atoms with Gasteiger partial charge in [0.1, 0.15) is 6.35 Å². The molecule has 0 aliphatic carbocycles. The molecule has 0 rings (SSSR count). The molecule has 0 spiro atoms. The number of hydrogen-bond acceptors (Lipinski definition) is 6. The Labute approximate surface area is 84.0 Å². The molecule has 14 heavy (non-hydrogen) atoms. The van der Waals surface area contributed by atoms with E-state index in [1.165, 1.54) is 0 Å². The van der Waals surface area contributed by atoms with Crippen LogP contribution < -0.4 is 5.48 Å². The molecular formula is C7H18NO5P.